The zero-order chi connectivity index (χ0) is 14.7. The van der Waals surface area contributed by atoms with Gasteiger partial charge < -0.3 is 20.4 Å². The van der Waals surface area contributed by atoms with E-state index in [1.54, 1.807) is 0 Å². The third-order valence-electron chi connectivity index (χ3n) is 3.18. The number of nitrogens with one attached hydrogen (secondary N) is 1. The van der Waals surface area contributed by atoms with E-state index < -0.39 is 24.1 Å². The van der Waals surface area contributed by atoms with Crippen LogP contribution in [0.5, 0.6) is 0 Å². The van der Waals surface area contributed by atoms with Crippen molar-refractivity contribution in [2.24, 2.45) is 0 Å². The van der Waals surface area contributed by atoms with E-state index in [9.17, 15) is 19.1 Å². The van der Waals surface area contributed by atoms with Crippen LogP contribution in [0, 0.1) is 5.82 Å². The minimum Gasteiger partial charge on any atom is -0.480 e. The molecule has 1 fully saturated rings. The molecule has 1 heterocycles. The summed E-state index contributed by atoms with van der Waals surface area (Å²) >= 11 is 0. The number of carboxylic acid groups (broad SMARTS) is 1. The number of aliphatic hydroxyl groups is 1. The first-order valence-electron chi connectivity index (χ1n) is 6.17. The summed E-state index contributed by atoms with van der Waals surface area (Å²) in [5.74, 6) is -1.51. The molecule has 0 spiro atoms. The van der Waals surface area contributed by atoms with Crippen LogP contribution in [0.15, 0.2) is 24.3 Å². The molecule has 0 aromatic heterocycles. The zero-order valence-electron chi connectivity index (χ0n) is 10.6. The second-order valence-electron chi connectivity index (χ2n) is 4.68. The molecule has 1 aromatic carbocycles. The SMILES string of the molecule is O=C(O)C1CC(O)CN1C(=O)NCc1ccc(F)cc1. The summed E-state index contributed by atoms with van der Waals surface area (Å²) in [6.07, 6.45) is -0.799. The van der Waals surface area contributed by atoms with Crippen molar-refractivity contribution in [2.45, 2.75) is 25.1 Å². The Hall–Kier alpha value is -2.15. The molecule has 0 saturated carbocycles. The van der Waals surface area contributed by atoms with Gasteiger partial charge >= 0.3 is 12.0 Å². The number of carboxylic acids is 1. The van der Waals surface area contributed by atoms with Crippen molar-refractivity contribution in [3.05, 3.63) is 35.6 Å². The Morgan fingerprint density at radius 3 is 2.60 bits per heavy atom. The fraction of sp³-hybridized carbons (Fsp3) is 0.385. The molecule has 2 unspecified atom stereocenters. The Labute approximate surface area is 114 Å². The van der Waals surface area contributed by atoms with Crippen LogP contribution in [0.4, 0.5) is 9.18 Å². The van der Waals surface area contributed by atoms with Crippen LogP contribution in [0.1, 0.15) is 12.0 Å². The second-order valence-corrected chi connectivity index (χ2v) is 4.68. The predicted molar refractivity (Wildman–Crippen MR) is 67.4 cm³/mol. The van der Waals surface area contributed by atoms with Gasteiger partial charge in [0, 0.05) is 19.5 Å². The molecule has 1 saturated heterocycles. The van der Waals surface area contributed by atoms with Crippen LogP contribution in [0.2, 0.25) is 0 Å². The molecule has 1 aliphatic heterocycles. The summed E-state index contributed by atoms with van der Waals surface area (Å²) in [4.78, 5) is 24.0. The van der Waals surface area contributed by atoms with Crippen LogP contribution in [-0.4, -0.2) is 45.8 Å². The fourth-order valence-electron chi connectivity index (χ4n) is 2.15. The highest BCUT2D eigenvalue weighted by Gasteiger charge is 2.38. The van der Waals surface area contributed by atoms with Gasteiger partial charge in [0.1, 0.15) is 11.9 Å². The van der Waals surface area contributed by atoms with E-state index in [-0.39, 0.29) is 25.3 Å². The quantitative estimate of drug-likeness (QED) is 0.755. The molecule has 108 valence electrons. The number of halogens is 1. The van der Waals surface area contributed by atoms with Gasteiger partial charge in [-0.1, -0.05) is 12.1 Å². The number of amides is 2. The average Bonchev–Trinajstić information content (AvgIpc) is 2.80. The maximum atomic E-state index is 12.7. The number of carbonyl (C=O) groups is 2. The van der Waals surface area contributed by atoms with Crippen molar-refractivity contribution in [3.63, 3.8) is 0 Å². The predicted octanol–water partition coefficient (Wildman–Crippen LogP) is 0.555. The van der Waals surface area contributed by atoms with Crippen molar-refractivity contribution < 1.29 is 24.2 Å². The largest absolute Gasteiger partial charge is 0.480 e. The molecule has 2 rings (SSSR count). The molecule has 2 amide bonds. The number of rotatable bonds is 3. The summed E-state index contributed by atoms with van der Waals surface area (Å²) in [5.41, 5.74) is 0.700. The van der Waals surface area contributed by atoms with Crippen LogP contribution < -0.4 is 5.32 Å². The number of nitrogens with zero attached hydrogens (tertiary/aromatic N) is 1. The van der Waals surface area contributed by atoms with Crippen molar-refractivity contribution in [1.82, 2.24) is 10.2 Å². The molecular formula is C13H15FN2O4. The normalized spacial score (nSPS) is 21.8. The highest BCUT2D eigenvalue weighted by Crippen LogP contribution is 2.18. The van der Waals surface area contributed by atoms with Gasteiger partial charge in [-0.15, -0.1) is 0 Å². The summed E-state index contributed by atoms with van der Waals surface area (Å²) in [7, 11) is 0. The summed E-state index contributed by atoms with van der Waals surface area (Å²) in [5, 5.41) is 21.0. The monoisotopic (exact) mass is 282 g/mol. The van der Waals surface area contributed by atoms with Crippen molar-refractivity contribution in [3.8, 4) is 0 Å². The Bertz CT molecular complexity index is 506. The van der Waals surface area contributed by atoms with Gasteiger partial charge in [0.2, 0.25) is 0 Å². The maximum absolute atomic E-state index is 12.7. The van der Waals surface area contributed by atoms with Crippen LogP contribution in [0.3, 0.4) is 0 Å². The summed E-state index contributed by atoms with van der Waals surface area (Å²) in [6.45, 7) is 0.157. The molecule has 2 atom stereocenters. The Morgan fingerprint density at radius 1 is 1.35 bits per heavy atom. The summed E-state index contributed by atoms with van der Waals surface area (Å²) in [6, 6.07) is 4.05. The highest BCUT2D eigenvalue weighted by molar-refractivity contribution is 5.83. The molecule has 0 aliphatic carbocycles. The Balaban J connectivity index is 1.94. The molecule has 0 bridgehead atoms. The molecule has 6 nitrogen and oxygen atoms in total. The van der Waals surface area contributed by atoms with Gasteiger partial charge in [-0.3, -0.25) is 0 Å². The smallest absolute Gasteiger partial charge is 0.326 e. The number of urea groups is 1. The second kappa shape index (κ2) is 5.87. The standard InChI is InChI=1S/C13H15FN2O4/c14-9-3-1-8(2-4-9)6-15-13(20)16-7-10(17)5-11(16)12(18)19/h1-4,10-11,17H,5-7H2,(H,15,20)(H,18,19). The van der Waals surface area contributed by atoms with Gasteiger partial charge in [0.25, 0.3) is 0 Å². The van der Waals surface area contributed by atoms with E-state index in [0.29, 0.717) is 5.56 Å². The number of aliphatic hydroxyl groups excluding tert-OH is 1. The molecule has 3 N–H and O–H groups in total. The Morgan fingerprint density at radius 2 is 2.00 bits per heavy atom. The van der Waals surface area contributed by atoms with Gasteiger partial charge in [-0.2, -0.15) is 0 Å². The number of hydrogen-bond acceptors (Lipinski definition) is 3. The zero-order valence-corrected chi connectivity index (χ0v) is 10.6. The van der Waals surface area contributed by atoms with E-state index in [4.69, 9.17) is 5.11 Å². The van der Waals surface area contributed by atoms with E-state index in [2.05, 4.69) is 5.32 Å². The molecule has 1 aromatic rings. The number of hydrogen-bond donors (Lipinski definition) is 3. The maximum Gasteiger partial charge on any atom is 0.326 e. The summed E-state index contributed by atoms with van der Waals surface area (Å²) < 4.78 is 12.7. The van der Waals surface area contributed by atoms with E-state index in [1.165, 1.54) is 24.3 Å². The number of benzene rings is 1. The molecule has 7 heteroatoms. The van der Waals surface area contributed by atoms with E-state index in [0.717, 1.165) is 4.90 Å². The number of likely N-dealkylation sites (tertiary alicyclic amines) is 1. The van der Waals surface area contributed by atoms with Crippen molar-refractivity contribution >= 4 is 12.0 Å². The minimum atomic E-state index is -1.14. The molecule has 0 radical (unpaired) electrons. The topological polar surface area (TPSA) is 89.9 Å². The Kier molecular flexibility index (Phi) is 4.19. The van der Waals surface area contributed by atoms with Gasteiger partial charge in [-0.25, -0.2) is 14.0 Å². The van der Waals surface area contributed by atoms with Crippen molar-refractivity contribution in [2.75, 3.05) is 6.54 Å². The lowest BCUT2D eigenvalue weighted by molar-refractivity contribution is -0.141. The average molecular weight is 282 g/mol. The van der Waals surface area contributed by atoms with Gasteiger partial charge in [0.15, 0.2) is 0 Å². The van der Waals surface area contributed by atoms with Crippen LogP contribution in [-0.2, 0) is 11.3 Å². The number of aliphatic carboxylic acids is 1. The first-order chi connectivity index (χ1) is 9.47. The lowest BCUT2D eigenvalue weighted by atomic mass is 10.2. The fourth-order valence-corrected chi connectivity index (χ4v) is 2.15. The van der Waals surface area contributed by atoms with E-state index in [1.807, 2.05) is 0 Å². The third kappa shape index (κ3) is 3.24. The van der Waals surface area contributed by atoms with Crippen LogP contribution in [0.25, 0.3) is 0 Å². The highest BCUT2D eigenvalue weighted by atomic mass is 19.1. The van der Waals surface area contributed by atoms with E-state index >= 15 is 0 Å². The van der Waals surface area contributed by atoms with Crippen LogP contribution >= 0.6 is 0 Å². The lowest BCUT2D eigenvalue weighted by Gasteiger charge is -2.21. The van der Waals surface area contributed by atoms with Gasteiger partial charge in [-0.05, 0) is 17.7 Å². The molecule has 20 heavy (non-hydrogen) atoms. The minimum absolute atomic E-state index is 0.00772. The third-order valence-corrected chi connectivity index (χ3v) is 3.18. The molecular weight excluding hydrogens is 267 g/mol. The first-order valence-corrected chi connectivity index (χ1v) is 6.17. The lowest BCUT2D eigenvalue weighted by Crippen LogP contribution is -2.45. The van der Waals surface area contributed by atoms with Gasteiger partial charge in [0.05, 0.1) is 6.10 Å². The first kappa shape index (κ1) is 14.3. The van der Waals surface area contributed by atoms with Crippen molar-refractivity contribution in [1.29, 1.82) is 0 Å². The molecule has 1 aliphatic rings. The number of β-amino-alcohol motifs (C(OH)–C–C–N with tert-alkyl or cyclic N) is 1. The number of carbonyl (C=O) groups excluding carboxylic acids is 1.